The van der Waals surface area contributed by atoms with Crippen LogP contribution in [-0.4, -0.2) is 30.9 Å². The van der Waals surface area contributed by atoms with E-state index in [9.17, 15) is 9.59 Å². The summed E-state index contributed by atoms with van der Waals surface area (Å²) in [7, 11) is 0. The van der Waals surface area contributed by atoms with Gasteiger partial charge < -0.3 is 16.0 Å². The molecule has 2 atom stereocenters. The third kappa shape index (κ3) is 4.03. The Morgan fingerprint density at radius 1 is 1.30 bits per heavy atom. The van der Waals surface area contributed by atoms with Gasteiger partial charge in [-0.2, -0.15) is 0 Å². The monoisotopic (exact) mass is 337 g/mol. The molecule has 6 heteroatoms. The van der Waals surface area contributed by atoms with Gasteiger partial charge in [-0.1, -0.05) is 24.6 Å². The first-order valence-electron chi connectivity index (χ1n) is 8.06. The molecule has 5 nitrogen and oxygen atoms in total. The Balaban J connectivity index is 0.00000192. The number of carbonyl (C=O) groups excluding carboxylic acids is 2. The normalized spacial score (nSPS) is 23.2. The summed E-state index contributed by atoms with van der Waals surface area (Å²) in [5.41, 5.74) is 7.97. The summed E-state index contributed by atoms with van der Waals surface area (Å²) in [5.74, 6) is 0.218. The largest absolute Gasteiger partial charge is 0.354 e. The second-order valence-electron chi connectivity index (χ2n) is 6.27. The van der Waals surface area contributed by atoms with Gasteiger partial charge in [0.15, 0.2) is 0 Å². The molecule has 23 heavy (non-hydrogen) atoms. The van der Waals surface area contributed by atoms with Crippen molar-refractivity contribution in [3.63, 3.8) is 0 Å². The number of amides is 2. The second-order valence-corrected chi connectivity index (χ2v) is 6.27. The minimum Gasteiger partial charge on any atom is -0.354 e. The maximum Gasteiger partial charge on any atom is 0.231 e. The molecule has 2 unspecified atom stereocenters. The molecule has 0 bridgehead atoms. The van der Waals surface area contributed by atoms with Gasteiger partial charge in [-0.25, -0.2) is 0 Å². The van der Waals surface area contributed by atoms with Gasteiger partial charge in [0.1, 0.15) is 0 Å². The summed E-state index contributed by atoms with van der Waals surface area (Å²) in [6, 6.07) is 7.98. The van der Waals surface area contributed by atoms with Crippen LogP contribution in [0.3, 0.4) is 0 Å². The SMILES string of the molecule is Cl.NC1CCCC(C(=O)NCCN2C(=O)Cc3ccccc32)C1. The lowest BCUT2D eigenvalue weighted by Gasteiger charge is -2.26. The summed E-state index contributed by atoms with van der Waals surface area (Å²) in [6.45, 7) is 1.02. The first-order chi connectivity index (χ1) is 10.6. The standard InChI is InChI=1S/C17H23N3O2.ClH/c18-14-6-3-5-13(10-14)17(22)19-8-9-20-15-7-2-1-4-12(15)11-16(20)21;/h1-2,4,7,13-14H,3,5-6,8-11,18H2,(H,19,22);1H. The van der Waals surface area contributed by atoms with Crippen molar-refractivity contribution in [1.29, 1.82) is 0 Å². The zero-order chi connectivity index (χ0) is 15.5. The van der Waals surface area contributed by atoms with Crippen LogP contribution in [0.15, 0.2) is 24.3 Å². The van der Waals surface area contributed by atoms with Crippen LogP contribution in [0.2, 0.25) is 0 Å². The van der Waals surface area contributed by atoms with Gasteiger partial charge in [0.25, 0.3) is 0 Å². The van der Waals surface area contributed by atoms with E-state index in [1.165, 1.54) is 0 Å². The fourth-order valence-corrected chi connectivity index (χ4v) is 3.46. The molecule has 1 heterocycles. The molecular formula is C17H24ClN3O2. The second kappa shape index (κ2) is 7.79. The molecule has 1 aromatic carbocycles. The van der Waals surface area contributed by atoms with Crippen LogP contribution in [-0.2, 0) is 16.0 Å². The van der Waals surface area contributed by atoms with Gasteiger partial charge in [-0.15, -0.1) is 12.4 Å². The highest BCUT2D eigenvalue weighted by atomic mass is 35.5. The highest BCUT2D eigenvalue weighted by Gasteiger charge is 2.28. The number of nitrogens with two attached hydrogens (primary N) is 1. The van der Waals surface area contributed by atoms with Crippen LogP contribution < -0.4 is 16.0 Å². The minimum atomic E-state index is 0. The Morgan fingerprint density at radius 2 is 2.09 bits per heavy atom. The molecule has 126 valence electrons. The maximum atomic E-state index is 12.2. The van der Waals surface area contributed by atoms with Crippen molar-refractivity contribution in [3.8, 4) is 0 Å². The van der Waals surface area contributed by atoms with Crippen LogP contribution in [0.25, 0.3) is 0 Å². The molecule has 1 aliphatic carbocycles. The Bertz CT molecular complexity index is 579. The van der Waals surface area contributed by atoms with Gasteiger partial charge in [0.2, 0.25) is 11.8 Å². The van der Waals surface area contributed by atoms with Crippen LogP contribution in [0.4, 0.5) is 5.69 Å². The van der Waals surface area contributed by atoms with Crippen LogP contribution in [0.5, 0.6) is 0 Å². The first-order valence-corrected chi connectivity index (χ1v) is 8.06. The molecule has 1 aliphatic heterocycles. The lowest BCUT2D eigenvalue weighted by atomic mass is 9.85. The summed E-state index contributed by atoms with van der Waals surface area (Å²) in [5, 5.41) is 2.96. The molecule has 1 saturated carbocycles. The van der Waals surface area contributed by atoms with Crippen molar-refractivity contribution >= 4 is 29.9 Å². The summed E-state index contributed by atoms with van der Waals surface area (Å²) in [4.78, 5) is 26.0. The van der Waals surface area contributed by atoms with Crippen molar-refractivity contribution in [3.05, 3.63) is 29.8 Å². The van der Waals surface area contributed by atoms with E-state index in [4.69, 9.17) is 5.73 Å². The third-order valence-electron chi connectivity index (χ3n) is 4.65. The molecule has 2 amide bonds. The fourth-order valence-electron chi connectivity index (χ4n) is 3.46. The van der Waals surface area contributed by atoms with E-state index in [1.807, 2.05) is 24.3 Å². The molecular weight excluding hydrogens is 314 g/mol. The van der Waals surface area contributed by atoms with Gasteiger partial charge in [-0.3, -0.25) is 9.59 Å². The molecule has 2 aliphatic rings. The maximum absolute atomic E-state index is 12.2. The Morgan fingerprint density at radius 3 is 2.87 bits per heavy atom. The first kappa shape index (κ1) is 17.8. The molecule has 0 aromatic heterocycles. The average molecular weight is 338 g/mol. The Hall–Kier alpha value is -1.59. The predicted octanol–water partition coefficient (Wildman–Crippen LogP) is 1.63. The predicted molar refractivity (Wildman–Crippen MR) is 92.7 cm³/mol. The molecule has 1 aromatic rings. The summed E-state index contributed by atoms with van der Waals surface area (Å²) < 4.78 is 0. The molecule has 1 fully saturated rings. The molecule has 0 spiro atoms. The summed E-state index contributed by atoms with van der Waals surface area (Å²) >= 11 is 0. The van der Waals surface area contributed by atoms with Crippen molar-refractivity contribution < 1.29 is 9.59 Å². The zero-order valence-corrected chi connectivity index (χ0v) is 14.0. The number of fused-ring (bicyclic) bond motifs is 1. The van der Waals surface area contributed by atoms with E-state index in [0.29, 0.717) is 19.5 Å². The van der Waals surface area contributed by atoms with Crippen molar-refractivity contribution in [2.75, 3.05) is 18.0 Å². The lowest BCUT2D eigenvalue weighted by Crippen LogP contribution is -2.41. The Kier molecular flexibility index (Phi) is 6.02. The van der Waals surface area contributed by atoms with E-state index in [1.54, 1.807) is 4.90 Å². The highest BCUT2D eigenvalue weighted by molar-refractivity contribution is 6.01. The van der Waals surface area contributed by atoms with E-state index < -0.39 is 0 Å². The zero-order valence-electron chi connectivity index (χ0n) is 13.2. The third-order valence-corrected chi connectivity index (χ3v) is 4.65. The van der Waals surface area contributed by atoms with Gasteiger partial charge >= 0.3 is 0 Å². The number of hydrogen-bond acceptors (Lipinski definition) is 3. The molecule has 0 radical (unpaired) electrons. The number of benzene rings is 1. The van der Waals surface area contributed by atoms with Gasteiger partial charge in [0, 0.05) is 30.7 Å². The molecule has 3 N–H and O–H groups in total. The van der Waals surface area contributed by atoms with Crippen molar-refractivity contribution in [2.24, 2.45) is 11.7 Å². The van der Waals surface area contributed by atoms with E-state index >= 15 is 0 Å². The molecule has 0 saturated heterocycles. The quantitative estimate of drug-likeness (QED) is 0.876. The van der Waals surface area contributed by atoms with Crippen molar-refractivity contribution in [2.45, 2.75) is 38.1 Å². The van der Waals surface area contributed by atoms with E-state index in [0.717, 1.165) is 36.9 Å². The lowest BCUT2D eigenvalue weighted by molar-refractivity contribution is -0.126. The number of nitrogens with one attached hydrogen (secondary N) is 1. The number of rotatable bonds is 4. The average Bonchev–Trinajstić information content (AvgIpc) is 2.83. The highest BCUT2D eigenvalue weighted by Crippen LogP contribution is 2.28. The van der Waals surface area contributed by atoms with Gasteiger partial charge in [0.05, 0.1) is 6.42 Å². The number of para-hydroxylation sites is 1. The number of anilines is 1. The van der Waals surface area contributed by atoms with Crippen LogP contribution in [0.1, 0.15) is 31.2 Å². The van der Waals surface area contributed by atoms with Gasteiger partial charge in [-0.05, 0) is 30.9 Å². The van der Waals surface area contributed by atoms with Crippen LogP contribution in [0, 0.1) is 5.92 Å². The Labute approximate surface area is 143 Å². The minimum absolute atomic E-state index is 0. The van der Waals surface area contributed by atoms with E-state index in [2.05, 4.69) is 5.32 Å². The number of nitrogens with zero attached hydrogens (tertiary/aromatic N) is 1. The number of carbonyl (C=O) groups is 2. The number of halogens is 1. The number of hydrogen-bond donors (Lipinski definition) is 2. The topological polar surface area (TPSA) is 75.4 Å². The smallest absolute Gasteiger partial charge is 0.231 e. The van der Waals surface area contributed by atoms with Crippen LogP contribution >= 0.6 is 12.4 Å². The summed E-state index contributed by atoms with van der Waals surface area (Å²) in [6.07, 6.45) is 4.20. The van der Waals surface area contributed by atoms with Crippen molar-refractivity contribution in [1.82, 2.24) is 5.32 Å². The van der Waals surface area contributed by atoms with E-state index in [-0.39, 0.29) is 36.2 Å². The fraction of sp³-hybridized carbons (Fsp3) is 0.529. The molecule has 3 rings (SSSR count).